The van der Waals surface area contributed by atoms with Crippen molar-refractivity contribution in [3.8, 4) is 0 Å². The number of hydrogen-bond donors (Lipinski definition) is 1. The Balaban J connectivity index is 2.00. The highest BCUT2D eigenvalue weighted by atomic mass is 16.2. The monoisotopic (exact) mass is 205 g/mol. The Morgan fingerprint density at radius 2 is 2.27 bits per heavy atom. The van der Waals surface area contributed by atoms with E-state index >= 15 is 0 Å². The Kier molecular flexibility index (Phi) is 2.97. The van der Waals surface area contributed by atoms with Crippen molar-refractivity contribution in [2.24, 2.45) is 0 Å². The maximum Gasteiger partial charge on any atom is 0.240 e. The van der Waals surface area contributed by atoms with Crippen LogP contribution < -0.4 is 5.32 Å². The first-order chi connectivity index (χ1) is 7.31. The van der Waals surface area contributed by atoms with Gasteiger partial charge in [0.1, 0.15) is 0 Å². The zero-order valence-electron chi connectivity index (χ0n) is 8.81. The van der Waals surface area contributed by atoms with Gasteiger partial charge in [-0.25, -0.2) is 0 Å². The van der Waals surface area contributed by atoms with Gasteiger partial charge in [0.25, 0.3) is 0 Å². The summed E-state index contributed by atoms with van der Waals surface area (Å²) < 4.78 is 0. The van der Waals surface area contributed by atoms with Crippen LogP contribution in [0.2, 0.25) is 0 Å². The Labute approximate surface area is 89.3 Å². The van der Waals surface area contributed by atoms with Gasteiger partial charge in [0.05, 0.1) is 6.04 Å². The van der Waals surface area contributed by atoms with Crippen molar-refractivity contribution in [3.63, 3.8) is 0 Å². The fraction of sp³-hybridized carbons (Fsp3) is 0.455. The van der Waals surface area contributed by atoms with E-state index in [2.05, 4.69) is 10.3 Å². The number of carbonyl (C=O) groups excluding carboxylic acids is 1. The molecule has 1 aliphatic heterocycles. The fourth-order valence-corrected chi connectivity index (χ4v) is 1.87. The molecule has 2 heterocycles. The molecule has 0 bridgehead atoms. The Morgan fingerprint density at radius 1 is 1.53 bits per heavy atom. The summed E-state index contributed by atoms with van der Waals surface area (Å²) in [6, 6.07) is 3.90. The van der Waals surface area contributed by atoms with Crippen LogP contribution in [0.5, 0.6) is 0 Å². The average Bonchev–Trinajstić information content (AvgIpc) is 2.62. The van der Waals surface area contributed by atoms with E-state index in [-0.39, 0.29) is 11.9 Å². The SMILES string of the molecule is CNC1CCN(Cc2ccncc2)C1=O. The second-order valence-electron chi connectivity index (χ2n) is 3.75. The summed E-state index contributed by atoms with van der Waals surface area (Å²) >= 11 is 0. The maximum atomic E-state index is 11.8. The van der Waals surface area contributed by atoms with Gasteiger partial charge in [0.15, 0.2) is 0 Å². The van der Waals surface area contributed by atoms with Gasteiger partial charge in [0, 0.05) is 25.5 Å². The molecule has 0 spiro atoms. The molecule has 1 atom stereocenters. The van der Waals surface area contributed by atoms with Gasteiger partial charge in [-0.2, -0.15) is 0 Å². The van der Waals surface area contributed by atoms with E-state index in [9.17, 15) is 4.79 Å². The third kappa shape index (κ3) is 2.15. The van der Waals surface area contributed by atoms with Gasteiger partial charge in [-0.05, 0) is 31.2 Å². The molecule has 1 aliphatic rings. The van der Waals surface area contributed by atoms with Gasteiger partial charge < -0.3 is 10.2 Å². The molecule has 1 amide bonds. The lowest BCUT2D eigenvalue weighted by molar-refractivity contribution is -0.129. The first-order valence-corrected chi connectivity index (χ1v) is 5.16. The highest BCUT2D eigenvalue weighted by molar-refractivity contribution is 5.83. The van der Waals surface area contributed by atoms with E-state index < -0.39 is 0 Å². The number of likely N-dealkylation sites (N-methyl/N-ethyl adjacent to an activating group) is 1. The van der Waals surface area contributed by atoms with E-state index in [1.54, 1.807) is 12.4 Å². The standard InChI is InChI=1S/C11H15N3O/c1-12-10-4-7-14(11(10)15)8-9-2-5-13-6-3-9/h2-3,5-6,10,12H,4,7-8H2,1H3. The second kappa shape index (κ2) is 4.40. The summed E-state index contributed by atoms with van der Waals surface area (Å²) in [5, 5.41) is 3.03. The molecule has 0 aromatic carbocycles. The molecule has 80 valence electrons. The molecule has 0 aliphatic carbocycles. The fourth-order valence-electron chi connectivity index (χ4n) is 1.87. The molecule has 1 unspecified atom stereocenters. The number of nitrogens with one attached hydrogen (secondary N) is 1. The van der Waals surface area contributed by atoms with Crippen molar-refractivity contribution in [3.05, 3.63) is 30.1 Å². The molecule has 4 heteroatoms. The maximum absolute atomic E-state index is 11.8. The molecule has 1 N–H and O–H groups in total. The first kappa shape index (κ1) is 10.1. The molecular formula is C11H15N3O. The Hall–Kier alpha value is -1.42. The Bertz CT molecular complexity index is 339. The molecule has 0 radical (unpaired) electrons. The molecule has 1 aromatic heterocycles. The minimum atomic E-state index is 0.00633. The summed E-state index contributed by atoms with van der Waals surface area (Å²) in [6.07, 6.45) is 4.41. The molecule has 0 saturated carbocycles. The van der Waals surface area contributed by atoms with Crippen LogP contribution in [0.15, 0.2) is 24.5 Å². The third-order valence-corrected chi connectivity index (χ3v) is 2.77. The van der Waals surface area contributed by atoms with Crippen molar-refractivity contribution in [2.75, 3.05) is 13.6 Å². The highest BCUT2D eigenvalue weighted by Gasteiger charge is 2.29. The summed E-state index contributed by atoms with van der Waals surface area (Å²) in [5.41, 5.74) is 1.13. The number of pyridine rings is 1. The van der Waals surface area contributed by atoms with Crippen molar-refractivity contribution >= 4 is 5.91 Å². The van der Waals surface area contributed by atoms with Gasteiger partial charge in [-0.15, -0.1) is 0 Å². The number of nitrogens with zero attached hydrogens (tertiary/aromatic N) is 2. The van der Waals surface area contributed by atoms with Crippen molar-refractivity contribution in [1.82, 2.24) is 15.2 Å². The number of likely N-dealkylation sites (tertiary alicyclic amines) is 1. The highest BCUT2D eigenvalue weighted by Crippen LogP contribution is 2.14. The average molecular weight is 205 g/mol. The lowest BCUT2D eigenvalue weighted by Crippen LogP contribution is -2.35. The molecule has 2 rings (SSSR count). The van der Waals surface area contributed by atoms with Gasteiger partial charge in [-0.1, -0.05) is 0 Å². The van der Waals surface area contributed by atoms with Crippen LogP contribution in [0.1, 0.15) is 12.0 Å². The third-order valence-electron chi connectivity index (χ3n) is 2.77. The zero-order chi connectivity index (χ0) is 10.7. The lowest BCUT2D eigenvalue weighted by atomic mass is 10.2. The van der Waals surface area contributed by atoms with Crippen LogP contribution in [-0.4, -0.2) is 35.4 Å². The molecule has 1 saturated heterocycles. The van der Waals surface area contributed by atoms with E-state index in [1.807, 2.05) is 24.1 Å². The topological polar surface area (TPSA) is 45.2 Å². The van der Waals surface area contributed by atoms with Crippen molar-refractivity contribution < 1.29 is 4.79 Å². The number of hydrogen-bond acceptors (Lipinski definition) is 3. The van der Waals surface area contributed by atoms with E-state index in [0.29, 0.717) is 6.54 Å². The number of carbonyl (C=O) groups is 1. The molecule has 1 fully saturated rings. The summed E-state index contributed by atoms with van der Waals surface area (Å²) in [7, 11) is 1.83. The van der Waals surface area contributed by atoms with E-state index in [0.717, 1.165) is 18.5 Å². The van der Waals surface area contributed by atoms with Crippen LogP contribution in [0.4, 0.5) is 0 Å². The largest absolute Gasteiger partial charge is 0.337 e. The molecular weight excluding hydrogens is 190 g/mol. The summed E-state index contributed by atoms with van der Waals surface area (Å²) in [5.74, 6) is 0.203. The van der Waals surface area contributed by atoms with Crippen LogP contribution in [-0.2, 0) is 11.3 Å². The molecule has 1 aromatic rings. The normalized spacial score (nSPS) is 21.0. The minimum Gasteiger partial charge on any atom is -0.337 e. The molecule has 4 nitrogen and oxygen atoms in total. The van der Waals surface area contributed by atoms with Crippen molar-refractivity contribution in [1.29, 1.82) is 0 Å². The van der Waals surface area contributed by atoms with Gasteiger partial charge in [-0.3, -0.25) is 9.78 Å². The minimum absolute atomic E-state index is 0.00633. The van der Waals surface area contributed by atoms with E-state index in [4.69, 9.17) is 0 Å². The lowest BCUT2D eigenvalue weighted by Gasteiger charge is -2.16. The van der Waals surface area contributed by atoms with Crippen LogP contribution >= 0.6 is 0 Å². The smallest absolute Gasteiger partial charge is 0.240 e. The summed E-state index contributed by atoms with van der Waals surface area (Å²) in [4.78, 5) is 17.6. The summed E-state index contributed by atoms with van der Waals surface area (Å²) in [6.45, 7) is 1.53. The zero-order valence-corrected chi connectivity index (χ0v) is 8.81. The van der Waals surface area contributed by atoms with Gasteiger partial charge in [0.2, 0.25) is 5.91 Å². The number of rotatable bonds is 3. The number of aromatic nitrogens is 1. The van der Waals surface area contributed by atoms with Crippen LogP contribution in [0.25, 0.3) is 0 Å². The quantitative estimate of drug-likeness (QED) is 0.777. The molecule has 15 heavy (non-hydrogen) atoms. The predicted molar refractivity (Wildman–Crippen MR) is 57.1 cm³/mol. The number of amides is 1. The Morgan fingerprint density at radius 3 is 2.87 bits per heavy atom. The van der Waals surface area contributed by atoms with Crippen molar-refractivity contribution in [2.45, 2.75) is 19.0 Å². The predicted octanol–water partition coefficient (Wildman–Crippen LogP) is 0.402. The first-order valence-electron chi connectivity index (χ1n) is 5.16. The van der Waals surface area contributed by atoms with Gasteiger partial charge >= 0.3 is 0 Å². The second-order valence-corrected chi connectivity index (χ2v) is 3.75. The van der Waals surface area contributed by atoms with Crippen LogP contribution in [0, 0.1) is 0 Å². The van der Waals surface area contributed by atoms with E-state index in [1.165, 1.54) is 0 Å². The van der Waals surface area contributed by atoms with Crippen LogP contribution in [0.3, 0.4) is 0 Å².